The van der Waals surface area contributed by atoms with Crippen LogP contribution < -0.4 is 0 Å². The molecule has 1 aliphatic heterocycles. The first kappa shape index (κ1) is 15.9. The molecule has 2 rings (SSSR count). The van der Waals surface area contributed by atoms with E-state index < -0.39 is 15.8 Å². The van der Waals surface area contributed by atoms with Crippen LogP contribution in [-0.4, -0.2) is 38.5 Å². The zero-order chi connectivity index (χ0) is 14.8. The molecule has 1 fully saturated rings. The molecule has 0 aromatic heterocycles. The summed E-state index contributed by atoms with van der Waals surface area (Å²) in [5, 5.41) is 0. The number of likely N-dealkylation sites (N-methyl/N-ethyl adjacent to an activating group) is 1. The molecule has 0 bridgehead atoms. The fourth-order valence-corrected chi connectivity index (χ4v) is 4.10. The number of sulfonamides is 1. The minimum absolute atomic E-state index is 0.0942. The van der Waals surface area contributed by atoms with Crippen molar-refractivity contribution < 1.29 is 17.5 Å². The van der Waals surface area contributed by atoms with E-state index in [0.29, 0.717) is 11.1 Å². The van der Waals surface area contributed by atoms with Crippen LogP contribution in [0.25, 0.3) is 0 Å². The van der Waals surface area contributed by atoms with Crippen molar-refractivity contribution in [2.24, 2.45) is 0 Å². The zero-order valence-corrected chi connectivity index (χ0v) is 13.6. The van der Waals surface area contributed by atoms with Gasteiger partial charge in [0.15, 0.2) is 0 Å². The second-order valence-corrected chi connectivity index (χ2v) is 7.49. The van der Waals surface area contributed by atoms with Crippen LogP contribution in [0.15, 0.2) is 27.6 Å². The Labute approximate surface area is 127 Å². The molecular weight excluding hydrogens is 349 g/mol. The first-order chi connectivity index (χ1) is 9.45. The lowest BCUT2D eigenvalue weighted by atomic mass is 10.2. The van der Waals surface area contributed by atoms with E-state index in [1.165, 1.54) is 16.4 Å². The minimum Gasteiger partial charge on any atom is -0.377 e. The van der Waals surface area contributed by atoms with Gasteiger partial charge in [0.05, 0.1) is 6.10 Å². The Hall–Kier alpha value is -0.500. The number of halogens is 2. The Morgan fingerprint density at radius 3 is 2.80 bits per heavy atom. The van der Waals surface area contributed by atoms with Gasteiger partial charge in [-0.05, 0) is 31.0 Å². The van der Waals surface area contributed by atoms with Gasteiger partial charge in [0.2, 0.25) is 10.0 Å². The van der Waals surface area contributed by atoms with Gasteiger partial charge in [0.25, 0.3) is 0 Å². The molecule has 112 valence electrons. The average molecular weight is 366 g/mol. The van der Waals surface area contributed by atoms with Crippen LogP contribution in [0.4, 0.5) is 4.39 Å². The molecule has 20 heavy (non-hydrogen) atoms. The van der Waals surface area contributed by atoms with Gasteiger partial charge in [-0.2, -0.15) is 4.31 Å². The van der Waals surface area contributed by atoms with E-state index in [2.05, 4.69) is 15.9 Å². The molecular formula is C13H17BrFNO3S. The van der Waals surface area contributed by atoms with Crippen molar-refractivity contribution in [3.8, 4) is 0 Å². The van der Waals surface area contributed by atoms with E-state index in [0.717, 1.165) is 18.9 Å². The number of benzene rings is 1. The third-order valence-electron chi connectivity index (χ3n) is 3.30. The molecule has 0 aliphatic carbocycles. The van der Waals surface area contributed by atoms with Gasteiger partial charge in [-0.3, -0.25) is 0 Å². The number of hydrogen-bond donors (Lipinski definition) is 0. The van der Waals surface area contributed by atoms with E-state index in [4.69, 9.17) is 4.74 Å². The Morgan fingerprint density at radius 2 is 2.25 bits per heavy atom. The van der Waals surface area contributed by atoms with Gasteiger partial charge in [0, 0.05) is 24.2 Å². The smallest absolute Gasteiger partial charge is 0.246 e. The summed E-state index contributed by atoms with van der Waals surface area (Å²) in [6.45, 7) is 2.96. The van der Waals surface area contributed by atoms with E-state index in [9.17, 15) is 12.8 Å². The van der Waals surface area contributed by atoms with Crippen LogP contribution in [0.1, 0.15) is 19.8 Å². The highest BCUT2D eigenvalue weighted by Crippen LogP contribution is 2.24. The van der Waals surface area contributed by atoms with Crippen molar-refractivity contribution in [1.82, 2.24) is 4.31 Å². The molecule has 0 amide bonds. The monoisotopic (exact) mass is 365 g/mol. The lowest BCUT2D eigenvalue weighted by Crippen LogP contribution is -2.37. The summed E-state index contributed by atoms with van der Waals surface area (Å²) in [7, 11) is -3.83. The summed E-state index contributed by atoms with van der Waals surface area (Å²) < 4.78 is 46.1. The van der Waals surface area contributed by atoms with Gasteiger partial charge in [-0.15, -0.1) is 0 Å². The van der Waals surface area contributed by atoms with E-state index >= 15 is 0 Å². The van der Waals surface area contributed by atoms with Crippen LogP contribution >= 0.6 is 15.9 Å². The van der Waals surface area contributed by atoms with Crippen molar-refractivity contribution in [3.05, 3.63) is 28.5 Å². The number of nitrogens with zero attached hydrogens (tertiary/aromatic N) is 1. The first-order valence-corrected chi connectivity index (χ1v) is 8.75. The van der Waals surface area contributed by atoms with Crippen molar-refractivity contribution in [3.63, 3.8) is 0 Å². The third kappa shape index (κ3) is 3.39. The molecule has 0 radical (unpaired) electrons. The maximum absolute atomic E-state index is 13.9. The summed E-state index contributed by atoms with van der Waals surface area (Å²) in [6.07, 6.45) is 1.69. The summed E-state index contributed by atoms with van der Waals surface area (Å²) in [4.78, 5) is -0.291. The molecule has 0 spiro atoms. The predicted octanol–water partition coefficient (Wildman–Crippen LogP) is 2.78. The van der Waals surface area contributed by atoms with Crippen LogP contribution in [0, 0.1) is 5.82 Å². The molecule has 1 aromatic rings. The van der Waals surface area contributed by atoms with Crippen LogP contribution in [-0.2, 0) is 14.8 Å². The topological polar surface area (TPSA) is 46.6 Å². The Balaban J connectivity index is 2.26. The van der Waals surface area contributed by atoms with Crippen LogP contribution in [0.2, 0.25) is 0 Å². The number of hydrogen-bond acceptors (Lipinski definition) is 3. The molecule has 0 N–H and O–H groups in total. The fourth-order valence-electron chi connectivity index (χ4n) is 2.24. The number of rotatable bonds is 5. The number of ether oxygens (including phenoxy) is 1. The van der Waals surface area contributed by atoms with Gasteiger partial charge in [-0.25, -0.2) is 12.8 Å². The van der Waals surface area contributed by atoms with Crippen molar-refractivity contribution >= 4 is 26.0 Å². The Morgan fingerprint density at radius 1 is 1.50 bits per heavy atom. The molecule has 0 saturated carbocycles. The average Bonchev–Trinajstić information content (AvgIpc) is 2.88. The highest BCUT2D eigenvalue weighted by molar-refractivity contribution is 9.10. The van der Waals surface area contributed by atoms with Gasteiger partial charge >= 0.3 is 0 Å². The molecule has 1 saturated heterocycles. The van der Waals surface area contributed by atoms with Gasteiger partial charge in [-0.1, -0.05) is 22.9 Å². The lowest BCUT2D eigenvalue weighted by molar-refractivity contribution is 0.0946. The van der Waals surface area contributed by atoms with Crippen molar-refractivity contribution in [1.29, 1.82) is 0 Å². The zero-order valence-electron chi connectivity index (χ0n) is 11.2. The van der Waals surface area contributed by atoms with Gasteiger partial charge < -0.3 is 4.74 Å². The third-order valence-corrected chi connectivity index (χ3v) is 5.76. The SMILES string of the molecule is CCN(CC1CCCO1)S(=O)(=O)c1ccc(Br)cc1F. The molecule has 4 nitrogen and oxygen atoms in total. The standard InChI is InChI=1S/C13H17BrFNO3S/c1-2-16(9-11-4-3-7-19-11)20(17,18)13-6-5-10(14)8-12(13)15/h5-6,8,11H,2-4,7,9H2,1H3. The maximum atomic E-state index is 13.9. The van der Waals surface area contributed by atoms with Crippen LogP contribution in [0.3, 0.4) is 0 Å². The summed E-state index contributed by atoms with van der Waals surface area (Å²) >= 11 is 3.12. The molecule has 1 atom stereocenters. The highest BCUT2D eigenvalue weighted by atomic mass is 79.9. The predicted molar refractivity (Wildman–Crippen MR) is 77.5 cm³/mol. The van der Waals surface area contributed by atoms with E-state index in [1.54, 1.807) is 6.92 Å². The second kappa shape index (κ2) is 6.51. The molecule has 1 aromatic carbocycles. The van der Waals surface area contributed by atoms with Crippen molar-refractivity contribution in [2.45, 2.75) is 30.8 Å². The second-order valence-electron chi connectivity index (χ2n) is 4.67. The van der Waals surface area contributed by atoms with Crippen LogP contribution in [0.5, 0.6) is 0 Å². The minimum atomic E-state index is -3.83. The maximum Gasteiger partial charge on any atom is 0.246 e. The normalized spacial score (nSPS) is 19.7. The molecule has 1 aliphatic rings. The fraction of sp³-hybridized carbons (Fsp3) is 0.538. The first-order valence-electron chi connectivity index (χ1n) is 6.52. The molecule has 1 unspecified atom stereocenters. The summed E-state index contributed by atoms with van der Waals surface area (Å²) in [5.41, 5.74) is 0. The summed E-state index contributed by atoms with van der Waals surface area (Å²) in [6, 6.07) is 3.97. The van der Waals surface area contributed by atoms with Crippen molar-refractivity contribution in [2.75, 3.05) is 19.7 Å². The van der Waals surface area contributed by atoms with E-state index in [1.807, 2.05) is 0 Å². The quantitative estimate of drug-likeness (QED) is 0.805. The molecule has 7 heteroatoms. The van der Waals surface area contributed by atoms with E-state index in [-0.39, 0.29) is 24.1 Å². The highest BCUT2D eigenvalue weighted by Gasteiger charge is 2.29. The Bertz CT molecular complexity index is 573. The largest absolute Gasteiger partial charge is 0.377 e. The Kier molecular flexibility index (Phi) is 5.17. The summed E-state index contributed by atoms with van der Waals surface area (Å²) in [5.74, 6) is -0.745. The van der Waals surface area contributed by atoms with Gasteiger partial charge in [0.1, 0.15) is 10.7 Å². The molecule has 1 heterocycles. The lowest BCUT2D eigenvalue weighted by Gasteiger charge is -2.23.